The summed E-state index contributed by atoms with van der Waals surface area (Å²) in [5.74, 6) is 0. The van der Waals surface area contributed by atoms with Gasteiger partial charge in [-0.25, -0.2) is 0 Å². The van der Waals surface area contributed by atoms with E-state index in [-0.39, 0.29) is 5.56 Å². The number of fused-ring (bicyclic) bond motifs is 3. The van der Waals surface area contributed by atoms with Gasteiger partial charge in [-0.2, -0.15) is 11.3 Å². The maximum atomic E-state index is 11.9. The molecule has 0 aliphatic carbocycles. The van der Waals surface area contributed by atoms with Crippen LogP contribution >= 0.6 is 27.3 Å². The number of halogens is 1. The standard InChI is InChI=1S/C13H10BrNOS/c1-6-3-7(2)12-10(11(6)14)8-4-17-5-9(8)13(16)15-12/h3-5H,1-2H3,(H,15,16). The first-order valence-corrected chi connectivity index (χ1v) is 7.01. The average molecular weight is 308 g/mol. The number of nitrogens with one attached hydrogen (secondary N) is 1. The molecular formula is C13H10BrNOS. The van der Waals surface area contributed by atoms with Crippen molar-refractivity contribution >= 4 is 48.9 Å². The second-order valence-electron chi connectivity index (χ2n) is 4.23. The largest absolute Gasteiger partial charge is 0.321 e. The summed E-state index contributed by atoms with van der Waals surface area (Å²) in [6, 6.07) is 2.08. The number of H-pyrrole nitrogens is 1. The maximum absolute atomic E-state index is 11.9. The molecule has 0 saturated heterocycles. The van der Waals surface area contributed by atoms with Crippen LogP contribution in [0, 0.1) is 13.8 Å². The number of hydrogen-bond donors (Lipinski definition) is 1. The molecule has 2 aromatic heterocycles. The Labute approximate surface area is 110 Å². The van der Waals surface area contributed by atoms with Crippen LogP contribution in [-0.2, 0) is 0 Å². The second kappa shape index (κ2) is 3.68. The highest BCUT2D eigenvalue weighted by Gasteiger charge is 2.12. The molecule has 0 saturated carbocycles. The number of rotatable bonds is 0. The molecule has 3 rings (SSSR count). The predicted molar refractivity (Wildman–Crippen MR) is 77.1 cm³/mol. The molecule has 86 valence electrons. The lowest BCUT2D eigenvalue weighted by Gasteiger charge is -2.08. The van der Waals surface area contributed by atoms with Crippen molar-refractivity contribution in [3.63, 3.8) is 0 Å². The molecule has 1 aromatic carbocycles. The van der Waals surface area contributed by atoms with Gasteiger partial charge in [0.1, 0.15) is 0 Å². The van der Waals surface area contributed by atoms with Crippen molar-refractivity contribution in [2.75, 3.05) is 0 Å². The summed E-state index contributed by atoms with van der Waals surface area (Å²) in [5, 5.41) is 6.85. The Morgan fingerprint density at radius 3 is 2.65 bits per heavy atom. The van der Waals surface area contributed by atoms with Gasteiger partial charge in [-0.15, -0.1) is 0 Å². The lowest BCUT2D eigenvalue weighted by molar-refractivity contribution is 1.30. The Kier molecular flexibility index (Phi) is 2.38. The summed E-state index contributed by atoms with van der Waals surface area (Å²) in [4.78, 5) is 14.9. The third kappa shape index (κ3) is 1.47. The van der Waals surface area contributed by atoms with Gasteiger partial charge in [0, 0.05) is 20.6 Å². The van der Waals surface area contributed by atoms with Gasteiger partial charge in [0.25, 0.3) is 5.56 Å². The normalized spacial score (nSPS) is 11.5. The van der Waals surface area contributed by atoms with Gasteiger partial charge in [-0.3, -0.25) is 4.79 Å². The van der Waals surface area contributed by atoms with E-state index in [2.05, 4.69) is 33.9 Å². The lowest BCUT2D eigenvalue weighted by Crippen LogP contribution is -2.06. The fourth-order valence-corrected chi connectivity index (χ4v) is 3.57. The number of benzene rings is 1. The van der Waals surface area contributed by atoms with Crippen molar-refractivity contribution in [1.82, 2.24) is 4.98 Å². The van der Waals surface area contributed by atoms with Gasteiger partial charge in [-0.1, -0.05) is 6.07 Å². The van der Waals surface area contributed by atoms with Gasteiger partial charge in [0.15, 0.2) is 0 Å². The predicted octanol–water partition coefficient (Wildman–Crippen LogP) is 4.12. The fourth-order valence-electron chi connectivity index (χ4n) is 2.23. The van der Waals surface area contributed by atoms with Crippen molar-refractivity contribution in [1.29, 1.82) is 0 Å². The second-order valence-corrected chi connectivity index (χ2v) is 5.76. The topological polar surface area (TPSA) is 32.9 Å². The Hall–Kier alpha value is -1.13. The van der Waals surface area contributed by atoms with Gasteiger partial charge in [-0.05, 0) is 46.3 Å². The number of aromatic nitrogens is 1. The van der Waals surface area contributed by atoms with E-state index in [0.29, 0.717) is 0 Å². The minimum absolute atomic E-state index is 0.00685. The SMILES string of the molecule is Cc1cc(C)c2[nH]c(=O)c3cscc3c2c1Br. The van der Waals surface area contributed by atoms with E-state index >= 15 is 0 Å². The van der Waals surface area contributed by atoms with E-state index in [1.54, 1.807) is 11.3 Å². The molecule has 17 heavy (non-hydrogen) atoms. The number of pyridine rings is 1. The number of aryl methyl sites for hydroxylation is 2. The molecule has 0 amide bonds. The quantitative estimate of drug-likeness (QED) is 0.666. The first kappa shape index (κ1) is 11.0. The summed E-state index contributed by atoms with van der Waals surface area (Å²) in [6.45, 7) is 4.09. The molecule has 0 spiro atoms. The van der Waals surface area contributed by atoms with E-state index in [9.17, 15) is 4.79 Å². The molecule has 0 unspecified atom stereocenters. The van der Waals surface area contributed by atoms with Crippen LogP contribution in [0.2, 0.25) is 0 Å². The molecule has 2 nitrogen and oxygen atoms in total. The van der Waals surface area contributed by atoms with Crippen molar-refractivity contribution < 1.29 is 0 Å². The molecular weight excluding hydrogens is 298 g/mol. The van der Waals surface area contributed by atoms with Gasteiger partial charge in [0.2, 0.25) is 0 Å². The zero-order valence-corrected chi connectivity index (χ0v) is 11.8. The number of aromatic amines is 1. The molecule has 0 atom stereocenters. The molecule has 0 aliphatic heterocycles. The molecule has 3 aromatic rings. The van der Waals surface area contributed by atoms with Crippen LogP contribution in [0.15, 0.2) is 26.1 Å². The van der Waals surface area contributed by atoms with Crippen LogP contribution in [0.3, 0.4) is 0 Å². The minimum Gasteiger partial charge on any atom is -0.321 e. The van der Waals surface area contributed by atoms with E-state index in [1.807, 2.05) is 17.7 Å². The van der Waals surface area contributed by atoms with Crippen LogP contribution in [0.1, 0.15) is 11.1 Å². The third-order valence-corrected chi connectivity index (χ3v) is 4.82. The zero-order valence-electron chi connectivity index (χ0n) is 9.43. The van der Waals surface area contributed by atoms with Crippen LogP contribution in [0.5, 0.6) is 0 Å². The molecule has 0 bridgehead atoms. The van der Waals surface area contributed by atoms with Crippen molar-refractivity contribution in [2.45, 2.75) is 13.8 Å². The van der Waals surface area contributed by atoms with Crippen molar-refractivity contribution in [3.8, 4) is 0 Å². The zero-order chi connectivity index (χ0) is 12.2. The van der Waals surface area contributed by atoms with Gasteiger partial charge in [0.05, 0.1) is 10.9 Å². The smallest absolute Gasteiger partial charge is 0.257 e. The summed E-state index contributed by atoms with van der Waals surface area (Å²) >= 11 is 5.19. The van der Waals surface area contributed by atoms with Crippen LogP contribution < -0.4 is 5.56 Å². The Morgan fingerprint density at radius 2 is 1.88 bits per heavy atom. The lowest BCUT2D eigenvalue weighted by atomic mass is 10.0. The van der Waals surface area contributed by atoms with Crippen LogP contribution in [-0.4, -0.2) is 4.98 Å². The summed E-state index contributed by atoms with van der Waals surface area (Å²) < 4.78 is 1.07. The van der Waals surface area contributed by atoms with Crippen LogP contribution in [0.25, 0.3) is 21.7 Å². The molecule has 2 heterocycles. The van der Waals surface area contributed by atoms with E-state index < -0.39 is 0 Å². The van der Waals surface area contributed by atoms with E-state index in [4.69, 9.17) is 0 Å². The summed E-state index contributed by atoms with van der Waals surface area (Å²) in [5.41, 5.74) is 3.21. The molecule has 1 N–H and O–H groups in total. The third-order valence-electron chi connectivity index (χ3n) is 3.06. The first-order valence-electron chi connectivity index (χ1n) is 5.27. The minimum atomic E-state index is -0.00685. The van der Waals surface area contributed by atoms with Gasteiger partial charge < -0.3 is 4.98 Å². The maximum Gasteiger partial charge on any atom is 0.257 e. The average Bonchev–Trinajstić information content (AvgIpc) is 2.75. The van der Waals surface area contributed by atoms with Crippen molar-refractivity contribution in [2.24, 2.45) is 0 Å². The Balaban J connectivity index is 2.74. The highest BCUT2D eigenvalue weighted by atomic mass is 79.9. The highest BCUT2D eigenvalue weighted by Crippen LogP contribution is 2.34. The Bertz CT molecular complexity index is 800. The Morgan fingerprint density at radius 1 is 1.18 bits per heavy atom. The molecule has 0 radical (unpaired) electrons. The monoisotopic (exact) mass is 307 g/mol. The molecule has 0 fully saturated rings. The van der Waals surface area contributed by atoms with Gasteiger partial charge >= 0.3 is 0 Å². The van der Waals surface area contributed by atoms with E-state index in [1.165, 1.54) is 5.56 Å². The fraction of sp³-hybridized carbons (Fsp3) is 0.154. The van der Waals surface area contributed by atoms with Crippen LogP contribution in [0.4, 0.5) is 0 Å². The van der Waals surface area contributed by atoms with Crippen molar-refractivity contribution in [3.05, 3.63) is 42.8 Å². The summed E-state index contributed by atoms with van der Waals surface area (Å²) in [6.07, 6.45) is 0. The highest BCUT2D eigenvalue weighted by molar-refractivity contribution is 9.10. The summed E-state index contributed by atoms with van der Waals surface area (Å²) in [7, 11) is 0. The first-order chi connectivity index (χ1) is 8.09. The molecule has 4 heteroatoms. The number of thiophene rings is 1. The van der Waals surface area contributed by atoms with E-state index in [0.717, 1.165) is 31.7 Å². The number of hydrogen-bond acceptors (Lipinski definition) is 2. The molecule has 0 aliphatic rings.